The lowest BCUT2D eigenvalue weighted by atomic mass is 10.0. The minimum Gasteiger partial charge on any atom is -0.368 e. The van der Waals surface area contributed by atoms with Crippen LogP contribution in [0.4, 0.5) is 0 Å². The fourth-order valence-corrected chi connectivity index (χ4v) is 2.51. The Labute approximate surface area is 89.8 Å². The van der Waals surface area contributed by atoms with Crippen molar-refractivity contribution in [1.29, 1.82) is 0 Å². The van der Waals surface area contributed by atoms with Gasteiger partial charge in [-0.1, -0.05) is 20.4 Å². The van der Waals surface area contributed by atoms with Crippen molar-refractivity contribution in [3.63, 3.8) is 0 Å². The number of halogens is 1. The zero-order chi connectivity index (χ0) is 9.10. The Hall–Kier alpha value is -0.0000000000000000763. The summed E-state index contributed by atoms with van der Waals surface area (Å²) in [7, 11) is 0. The highest BCUT2D eigenvalue weighted by atomic mass is 79.9. The van der Waals surface area contributed by atoms with Gasteiger partial charge in [-0.2, -0.15) is 0 Å². The van der Waals surface area contributed by atoms with Crippen LogP contribution in [0.2, 0.25) is 0 Å². The molecule has 1 aromatic rings. The molecule has 0 N–H and O–H groups in total. The summed E-state index contributed by atoms with van der Waals surface area (Å²) in [5.41, 5.74) is 0.996. The molecule has 0 radical (unpaired) electrons. The molecule has 5 heteroatoms. The third-order valence-electron chi connectivity index (χ3n) is 2.23. The summed E-state index contributed by atoms with van der Waals surface area (Å²) in [6.07, 6.45) is 3.97. The van der Waals surface area contributed by atoms with Crippen LogP contribution in [0, 0.1) is 0 Å². The second kappa shape index (κ2) is 4.48. The van der Waals surface area contributed by atoms with Crippen molar-refractivity contribution in [2.24, 2.45) is 0 Å². The zero-order valence-corrected chi connectivity index (χ0v) is 9.55. The smallest absolute Gasteiger partial charge is 0.104 e. The molecule has 0 bridgehead atoms. The Morgan fingerprint density at radius 3 is 3.23 bits per heavy atom. The molecule has 1 aliphatic heterocycles. The number of aromatic nitrogens is 2. The monoisotopic (exact) mass is 262 g/mol. The molecule has 0 aliphatic carbocycles. The summed E-state index contributed by atoms with van der Waals surface area (Å²) >= 11 is 4.83. The molecular formula is C8H11BrN2OS. The lowest BCUT2D eigenvalue weighted by molar-refractivity contribution is -0.0405. The van der Waals surface area contributed by atoms with Gasteiger partial charge in [0.25, 0.3) is 0 Å². The molecule has 2 atom stereocenters. The van der Waals surface area contributed by atoms with Crippen LogP contribution < -0.4 is 0 Å². The van der Waals surface area contributed by atoms with Gasteiger partial charge in [0.15, 0.2) is 0 Å². The molecule has 0 saturated carbocycles. The lowest BCUT2D eigenvalue weighted by Crippen LogP contribution is -2.23. The second-order valence-electron chi connectivity index (χ2n) is 3.16. The summed E-state index contributed by atoms with van der Waals surface area (Å²) in [5.74, 6) is 0. The standard InChI is InChI=1S/C8H11BrN2OS/c9-4-6-2-1-3-8(12-6)7-5-13-11-10-7/h5-6,8H,1-4H2. The van der Waals surface area contributed by atoms with E-state index in [2.05, 4.69) is 25.5 Å². The van der Waals surface area contributed by atoms with Crippen LogP contribution in [0.25, 0.3) is 0 Å². The third-order valence-corrected chi connectivity index (χ3v) is 3.47. The molecule has 3 nitrogen and oxygen atoms in total. The van der Waals surface area contributed by atoms with E-state index in [1.807, 2.05) is 5.38 Å². The first-order valence-corrected chi connectivity index (χ1v) is 6.34. The average Bonchev–Trinajstić information content (AvgIpc) is 2.71. The van der Waals surface area contributed by atoms with Crippen LogP contribution in [0.5, 0.6) is 0 Å². The van der Waals surface area contributed by atoms with Crippen LogP contribution in [-0.4, -0.2) is 21.0 Å². The largest absolute Gasteiger partial charge is 0.368 e. The predicted molar refractivity (Wildman–Crippen MR) is 55.2 cm³/mol. The number of hydrogen-bond acceptors (Lipinski definition) is 4. The van der Waals surface area contributed by atoms with Gasteiger partial charge in [-0.05, 0) is 30.8 Å². The first-order chi connectivity index (χ1) is 6.40. The van der Waals surface area contributed by atoms with Crippen LogP contribution in [0.3, 0.4) is 0 Å². The van der Waals surface area contributed by atoms with Gasteiger partial charge in [-0.3, -0.25) is 0 Å². The van der Waals surface area contributed by atoms with Crippen LogP contribution >= 0.6 is 27.5 Å². The van der Waals surface area contributed by atoms with Crippen LogP contribution in [0.15, 0.2) is 5.38 Å². The van der Waals surface area contributed by atoms with Crippen molar-refractivity contribution in [3.8, 4) is 0 Å². The predicted octanol–water partition coefficient (Wildman–Crippen LogP) is 2.54. The summed E-state index contributed by atoms with van der Waals surface area (Å²) in [4.78, 5) is 0. The van der Waals surface area contributed by atoms with Crippen LogP contribution in [-0.2, 0) is 4.74 Å². The number of rotatable bonds is 2. The molecule has 2 heterocycles. The zero-order valence-electron chi connectivity index (χ0n) is 7.15. The van der Waals surface area contributed by atoms with Gasteiger partial charge >= 0.3 is 0 Å². The van der Waals surface area contributed by atoms with E-state index in [-0.39, 0.29) is 6.10 Å². The van der Waals surface area contributed by atoms with Crippen molar-refractivity contribution in [3.05, 3.63) is 11.1 Å². The van der Waals surface area contributed by atoms with Crippen molar-refractivity contribution in [2.75, 3.05) is 5.33 Å². The highest BCUT2D eigenvalue weighted by molar-refractivity contribution is 9.09. The van der Waals surface area contributed by atoms with E-state index < -0.39 is 0 Å². The Kier molecular flexibility index (Phi) is 3.29. The lowest BCUT2D eigenvalue weighted by Gasteiger charge is -2.27. The second-order valence-corrected chi connectivity index (χ2v) is 4.42. The van der Waals surface area contributed by atoms with E-state index in [0.29, 0.717) is 6.10 Å². The molecular weight excluding hydrogens is 252 g/mol. The van der Waals surface area contributed by atoms with Gasteiger partial charge in [0, 0.05) is 10.7 Å². The maximum atomic E-state index is 5.84. The first-order valence-electron chi connectivity index (χ1n) is 4.38. The SMILES string of the molecule is BrCC1CCCC(c2csnn2)O1. The molecule has 2 unspecified atom stereocenters. The van der Waals surface area contributed by atoms with E-state index in [0.717, 1.165) is 23.9 Å². The minimum absolute atomic E-state index is 0.176. The van der Waals surface area contributed by atoms with Crippen molar-refractivity contribution < 1.29 is 4.74 Å². The van der Waals surface area contributed by atoms with Crippen molar-refractivity contribution in [1.82, 2.24) is 9.59 Å². The molecule has 1 saturated heterocycles. The van der Waals surface area contributed by atoms with Gasteiger partial charge in [0.05, 0.1) is 6.10 Å². The summed E-state index contributed by atoms with van der Waals surface area (Å²) in [6, 6.07) is 0. The van der Waals surface area contributed by atoms with E-state index >= 15 is 0 Å². The average molecular weight is 263 g/mol. The quantitative estimate of drug-likeness (QED) is 0.769. The van der Waals surface area contributed by atoms with E-state index in [4.69, 9.17) is 4.74 Å². The molecule has 13 heavy (non-hydrogen) atoms. The molecule has 72 valence electrons. The van der Waals surface area contributed by atoms with Gasteiger partial charge in [-0.25, -0.2) is 0 Å². The Bertz CT molecular complexity index is 255. The van der Waals surface area contributed by atoms with Crippen molar-refractivity contribution >= 4 is 27.5 Å². The number of nitrogens with zero attached hydrogens (tertiary/aromatic N) is 2. The minimum atomic E-state index is 0.176. The molecule has 0 amide bonds. The molecule has 2 rings (SSSR count). The summed E-state index contributed by atoms with van der Waals surface area (Å²) in [5, 5.41) is 6.93. The summed E-state index contributed by atoms with van der Waals surface area (Å²) < 4.78 is 9.69. The maximum absolute atomic E-state index is 5.84. The fourth-order valence-electron chi connectivity index (χ4n) is 1.54. The normalized spacial score (nSPS) is 29.0. The number of alkyl halides is 1. The Morgan fingerprint density at radius 2 is 2.54 bits per heavy atom. The number of hydrogen-bond donors (Lipinski definition) is 0. The molecule has 1 aromatic heterocycles. The first kappa shape index (κ1) is 9.55. The van der Waals surface area contributed by atoms with Gasteiger partial charge in [-0.15, -0.1) is 5.10 Å². The van der Waals surface area contributed by atoms with Gasteiger partial charge in [0.2, 0.25) is 0 Å². The van der Waals surface area contributed by atoms with E-state index in [9.17, 15) is 0 Å². The van der Waals surface area contributed by atoms with E-state index in [1.165, 1.54) is 18.0 Å². The maximum Gasteiger partial charge on any atom is 0.104 e. The van der Waals surface area contributed by atoms with E-state index in [1.54, 1.807) is 0 Å². The molecule has 0 aromatic carbocycles. The molecule has 0 spiro atoms. The van der Waals surface area contributed by atoms with Crippen molar-refractivity contribution in [2.45, 2.75) is 31.5 Å². The van der Waals surface area contributed by atoms with Gasteiger partial charge in [0.1, 0.15) is 11.8 Å². The topological polar surface area (TPSA) is 35.0 Å². The highest BCUT2D eigenvalue weighted by Crippen LogP contribution is 2.30. The number of ether oxygens (including phenoxy) is 1. The van der Waals surface area contributed by atoms with Gasteiger partial charge < -0.3 is 4.74 Å². The highest BCUT2D eigenvalue weighted by Gasteiger charge is 2.24. The Balaban J connectivity index is 2.00. The third kappa shape index (κ3) is 2.27. The molecule has 1 aliphatic rings. The fraction of sp³-hybridized carbons (Fsp3) is 0.750. The summed E-state index contributed by atoms with van der Waals surface area (Å²) in [6.45, 7) is 0. The molecule has 1 fully saturated rings. The Morgan fingerprint density at radius 1 is 1.62 bits per heavy atom. The van der Waals surface area contributed by atoms with Crippen LogP contribution in [0.1, 0.15) is 31.1 Å².